The Hall–Kier alpha value is -4.43. The molecule has 7 rings (SSSR count). The lowest BCUT2D eigenvalue weighted by molar-refractivity contribution is -0.0153. The Morgan fingerprint density at radius 1 is 0.915 bits per heavy atom. The Bertz CT molecular complexity index is 1720. The molecule has 0 bridgehead atoms. The lowest BCUT2D eigenvalue weighted by atomic mass is 9.91. The number of aliphatic hydroxyl groups is 2. The molecule has 0 aliphatic carbocycles. The SMILES string of the molecule is CCn1cnc(-c2nc3c(NCC(c4ccccc4)c4ccccc4)nc(NCCN4CCCCC4)nc3n2[C@@H]2OC[C@H](O)[C@H]2O)n1. The van der Waals surface area contributed by atoms with Crippen LogP contribution >= 0.6 is 0 Å². The van der Waals surface area contributed by atoms with Crippen LogP contribution in [0.25, 0.3) is 22.8 Å². The van der Waals surface area contributed by atoms with Crippen molar-refractivity contribution in [2.75, 3.05) is 50.0 Å². The predicted molar refractivity (Wildman–Crippen MR) is 179 cm³/mol. The number of imidazole rings is 1. The number of likely N-dealkylation sites (tertiary alicyclic amines) is 1. The van der Waals surface area contributed by atoms with Gasteiger partial charge in [-0.3, -0.25) is 9.25 Å². The number of fused-ring (bicyclic) bond motifs is 1. The molecule has 0 spiro atoms. The number of hydrogen-bond acceptors (Lipinski definition) is 11. The Morgan fingerprint density at radius 3 is 2.28 bits per heavy atom. The smallest absolute Gasteiger partial charge is 0.226 e. The van der Waals surface area contributed by atoms with Crippen LogP contribution in [0, 0.1) is 0 Å². The third-order valence-electron chi connectivity index (χ3n) is 9.02. The Kier molecular flexibility index (Phi) is 9.38. The van der Waals surface area contributed by atoms with Crippen molar-refractivity contribution in [3.8, 4) is 11.6 Å². The zero-order valence-corrected chi connectivity index (χ0v) is 26.6. The van der Waals surface area contributed by atoms with Gasteiger partial charge in [-0.05, 0) is 44.0 Å². The highest BCUT2D eigenvalue weighted by molar-refractivity contribution is 5.87. The average molecular weight is 639 g/mol. The number of benzene rings is 2. The molecule has 0 amide bonds. The van der Waals surface area contributed by atoms with Crippen molar-refractivity contribution >= 4 is 22.9 Å². The summed E-state index contributed by atoms with van der Waals surface area (Å²) in [4.78, 5) is 21.8. The molecule has 13 nitrogen and oxygen atoms in total. The Morgan fingerprint density at radius 2 is 1.64 bits per heavy atom. The lowest BCUT2D eigenvalue weighted by Gasteiger charge is -2.26. The van der Waals surface area contributed by atoms with Crippen molar-refractivity contribution in [1.29, 1.82) is 0 Å². The normalized spacial score (nSPS) is 20.3. The molecule has 246 valence electrons. The van der Waals surface area contributed by atoms with E-state index in [9.17, 15) is 10.2 Å². The zero-order valence-electron chi connectivity index (χ0n) is 26.6. The zero-order chi connectivity index (χ0) is 32.2. The summed E-state index contributed by atoms with van der Waals surface area (Å²) >= 11 is 0. The third-order valence-corrected chi connectivity index (χ3v) is 9.02. The van der Waals surface area contributed by atoms with Gasteiger partial charge in [-0.2, -0.15) is 9.97 Å². The quantitative estimate of drug-likeness (QED) is 0.159. The fourth-order valence-electron chi connectivity index (χ4n) is 6.44. The van der Waals surface area contributed by atoms with Crippen LogP contribution in [0.5, 0.6) is 0 Å². The molecule has 3 aromatic heterocycles. The molecule has 13 heteroatoms. The minimum atomic E-state index is -1.19. The second-order valence-electron chi connectivity index (χ2n) is 12.2. The maximum absolute atomic E-state index is 11.0. The summed E-state index contributed by atoms with van der Waals surface area (Å²) in [7, 11) is 0. The Balaban J connectivity index is 1.30. The second kappa shape index (κ2) is 14.1. The summed E-state index contributed by atoms with van der Waals surface area (Å²) in [6.45, 7) is 6.89. The van der Waals surface area contributed by atoms with Gasteiger partial charge in [-0.1, -0.05) is 67.1 Å². The first kappa shape index (κ1) is 31.2. The van der Waals surface area contributed by atoms with Crippen molar-refractivity contribution < 1.29 is 14.9 Å². The summed E-state index contributed by atoms with van der Waals surface area (Å²) in [5.41, 5.74) is 3.29. The van der Waals surface area contributed by atoms with E-state index in [1.807, 2.05) is 19.1 Å². The molecule has 5 aromatic rings. The number of anilines is 2. The first-order valence-corrected chi connectivity index (χ1v) is 16.6. The maximum atomic E-state index is 11.0. The van der Waals surface area contributed by atoms with Crippen molar-refractivity contribution in [2.24, 2.45) is 0 Å². The number of nitrogens with zero attached hydrogens (tertiary/aromatic N) is 8. The van der Waals surface area contributed by atoms with Gasteiger partial charge in [0.05, 0.1) is 6.61 Å². The fourth-order valence-corrected chi connectivity index (χ4v) is 6.44. The van der Waals surface area contributed by atoms with Gasteiger partial charge in [0.25, 0.3) is 0 Å². The average Bonchev–Trinajstić information content (AvgIpc) is 3.83. The summed E-state index contributed by atoms with van der Waals surface area (Å²) in [5.74, 6) is 1.74. The van der Waals surface area contributed by atoms with E-state index in [0.717, 1.165) is 19.6 Å². The van der Waals surface area contributed by atoms with E-state index in [1.54, 1.807) is 15.6 Å². The van der Waals surface area contributed by atoms with Gasteiger partial charge in [0, 0.05) is 32.1 Å². The van der Waals surface area contributed by atoms with Gasteiger partial charge in [-0.25, -0.2) is 9.97 Å². The molecule has 2 aliphatic rings. The van der Waals surface area contributed by atoms with Crippen molar-refractivity contribution in [3.63, 3.8) is 0 Å². The minimum absolute atomic E-state index is 0.0191. The van der Waals surface area contributed by atoms with Crippen LogP contribution in [0.2, 0.25) is 0 Å². The van der Waals surface area contributed by atoms with Crippen LogP contribution in [-0.4, -0.2) is 101 Å². The van der Waals surface area contributed by atoms with Crippen LogP contribution in [0.4, 0.5) is 11.8 Å². The molecule has 0 radical (unpaired) electrons. The molecule has 2 aromatic carbocycles. The van der Waals surface area contributed by atoms with Crippen LogP contribution in [-0.2, 0) is 11.3 Å². The minimum Gasteiger partial charge on any atom is -0.388 e. The molecular weight excluding hydrogens is 596 g/mol. The van der Waals surface area contributed by atoms with Crippen molar-refractivity contribution in [1.82, 2.24) is 39.2 Å². The van der Waals surface area contributed by atoms with E-state index in [2.05, 4.69) is 74.1 Å². The van der Waals surface area contributed by atoms with Crippen molar-refractivity contribution in [3.05, 3.63) is 78.1 Å². The molecule has 0 saturated carbocycles. The highest BCUT2D eigenvalue weighted by Gasteiger charge is 2.39. The number of aromatic nitrogens is 7. The second-order valence-corrected chi connectivity index (χ2v) is 12.2. The van der Waals surface area contributed by atoms with E-state index in [1.165, 1.54) is 30.4 Å². The molecular formula is C34H42N10O3. The largest absolute Gasteiger partial charge is 0.388 e. The Labute approximate surface area is 273 Å². The van der Waals surface area contributed by atoms with E-state index >= 15 is 0 Å². The molecule has 4 N–H and O–H groups in total. The highest BCUT2D eigenvalue weighted by Crippen LogP contribution is 2.35. The van der Waals surface area contributed by atoms with Crippen molar-refractivity contribution in [2.45, 2.75) is 57.1 Å². The third kappa shape index (κ3) is 6.70. The fraction of sp³-hybridized carbons (Fsp3) is 0.441. The maximum Gasteiger partial charge on any atom is 0.226 e. The summed E-state index contributed by atoms with van der Waals surface area (Å²) < 4.78 is 9.34. The standard InChI is InChI=1S/C34H42N10O3/c1-2-43-22-37-30(41-43)32-38-27-29(36-20-25(23-12-6-3-7-13-23)24-14-8-4-9-15-24)39-34(35-16-19-42-17-10-5-11-18-42)40-31(27)44(32)33-28(46)26(45)21-47-33/h3-4,6-9,12-15,22,25-26,28,33,45-46H,2,5,10-11,16-21H2,1H3,(H2,35,36,39,40)/t26-,28+,33+/m0/s1. The molecule has 2 fully saturated rings. The summed E-state index contributed by atoms with van der Waals surface area (Å²) in [6, 6.07) is 20.8. The van der Waals surface area contributed by atoms with E-state index in [4.69, 9.17) is 19.7 Å². The van der Waals surface area contributed by atoms with Gasteiger partial charge in [0.15, 0.2) is 29.0 Å². The molecule has 2 aliphatic heterocycles. The number of aryl methyl sites for hydroxylation is 1. The van der Waals surface area contributed by atoms with Gasteiger partial charge >= 0.3 is 0 Å². The number of piperidine rings is 1. The van der Waals surface area contributed by atoms with Crippen LogP contribution in [0.1, 0.15) is 49.5 Å². The number of aliphatic hydroxyl groups excluding tert-OH is 2. The molecule has 0 unspecified atom stereocenters. The molecule has 47 heavy (non-hydrogen) atoms. The van der Waals surface area contributed by atoms with Gasteiger partial charge in [0.2, 0.25) is 11.8 Å². The van der Waals surface area contributed by atoms with Crippen LogP contribution in [0.3, 0.4) is 0 Å². The highest BCUT2D eigenvalue weighted by atomic mass is 16.5. The van der Waals surface area contributed by atoms with Gasteiger partial charge in [-0.15, -0.1) is 5.10 Å². The summed E-state index contributed by atoms with van der Waals surface area (Å²) in [6.07, 6.45) is 2.19. The van der Waals surface area contributed by atoms with E-state index < -0.39 is 18.4 Å². The topological polar surface area (TPSA) is 151 Å². The summed E-state index contributed by atoms with van der Waals surface area (Å²) in [5, 5.41) is 33.1. The van der Waals surface area contributed by atoms with E-state index in [0.29, 0.717) is 54.2 Å². The number of ether oxygens (including phenoxy) is 1. The number of hydrogen-bond donors (Lipinski definition) is 4. The first-order valence-electron chi connectivity index (χ1n) is 16.6. The molecule has 2 saturated heterocycles. The lowest BCUT2D eigenvalue weighted by Crippen LogP contribution is -2.34. The number of nitrogens with one attached hydrogen (secondary N) is 2. The predicted octanol–water partition coefficient (Wildman–Crippen LogP) is 3.50. The molecule has 3 atom stereocenters. The van der Waals surface area contributed by atoms with Gasteiger partial charge in [0.1, 0.15) is 18.5 Å². The van der Waals surface area contributed by atoms with Crippen LogP contribution in [0.15, 0.2) is 67.0 Å². The van der Waals surface area contributed by atoms with E-state index in [-0.39, 0.29) is 12.5 Å². The monoisotopic (exact) mass is 638 g/mol. The number of rotatable bonds is 12. The first-order chi connectivity index (χ1) is 23.1. The van der Waals surface area contributed by atoms with Gasteiger partial charge < -0.3 is 30.5 Å². The van der Waals surface area contributed by atoms with Crippen LogP contribution < -0.4 is 10.6 Å². The molecule has 5 heterocycles.